The molecule has 0 aliphatic carbocycles. The highest BCUT2D eigenvalue weighted by atomic mass is 15.3. The van der Waals surface area contributed by atoms with Crippen LogP contribution in [0.1, 0.15) is 25.2 Å². The molecule has 0 saturated carbocycles. The molecule has 4 N–H and O–H groups in total. The first kappa shape index (κ1) is 13.4. The minimum atomic E-state index is 0.498. The maximum atomic E-state index is 5.42. The van der Waals surface area contributed by atoms with Crippen LogP contribution in [0.4, 0.5) is 5.69 Å². The molecule has 0 spiro atoms. The van der Waals surface area contributed by atoms with Crippen molar-refractivity contribution in [2.24, 2.45) is 16.8 Å². The second-order valence-corrected chi connectivity index (χ2v) is 4.44. The van der Waals surface area contributed by atoms with Gasteiger partial charge in [0.15, 0.2) is 0 Å². The SMILES string of the molecule is Cc1ccc(NC(=NCC(C)C)NN)c(C)n1. The van der Waals surface area contributed by atoms with E-state index in [2.05, 4.69) is 34.6 Å². The number of anilines is 1. The molecule has 0 aliphatic rings. The maximum Gasteiger partial charge on any atom is 0.210 e. The van der Waals surface area contributed by atoms with Crippen LogP contribution in [0.3, 0.4) is 0 Å². The van der Waals surface area contributed by atoms with Gasteiger partial charge in [0.05, 0.1) is 11.4 Å². The number of aryl methyl sites for hydroxylation is 2. The molecule has 0 aromatic carbocycles. The molecule has 0 radical (unpaired) electrons. The van der Waals surface area contributed by atoms with E-state index >= 15 is 0 Å². The van der Waals surface area contributed by atoms with E-state index in [1.54, 1.807) is 0 Å². The first-order chi connectivity index (χ1) is 8.02. The van der Waals surface area contributed by atoms with Gasteiger partial charge in [0.2, 0.25) is 5.96 Å². The van der Waals surface area contributed by atoms with E-state index in [4.69, 9.17) is 5.84 Å². The van der Waals surface area contributed by atoms with Crippen LogP contribution in [0.15, 0.2) is 17.1 Å². The molecular weight excluding hydrogens is 214 g/mol. The van der Waals surface area contributed by atoms with Crippen molar-refractivity contribution < 1.29 is 0 Å². The molecule has 0 atom stereocenters. The van der Waals surface area contributed by atoms with E-state index in [1.165, 1.54) is 0 Å². The molecule has 0 amide bonds. The van der Waals surface area contributed by atoms with Crippen molar-refractivity contribution >= 4 is 11.6 Å². The molecule has 1 heterocycles. The van der Waals surface area contributed by atoms with E-state index in [0.717, 1.165) is 23.6 Å². The molecule has 0 unspecified atom stereocenters. The van der Waals surface area contributed by atoms with Gasteiger partial charge in [0.1, 0.15) is 0 Å². The van der Waals surface area contributed by atoms with Crippen molar-refractivity contribution in [1.29, 1.82) is 0 Å². The largest absolute Gasteiger partial charge is 0.324 e. The highest BCUT2D eigenvalue weighted by Crippen LogP contribution is 2.12. The highest BCUT2D eigenvalue weighted by Gasteiger charge is 2.03. The highest BCUT2D eigenvalue weighted by molar-refractivity contribution is 5.93. The fourth-order valence-corrected chi connectivity index (χ4v) is 1.34. The Morgan fingerprint density at radius 3 is 2.65 bits per heavy atom. The van der Waals surface area contributed by atoms with Gasteiger partial charge in [-0.2, -0.15) is 0 Å². The van der Waals surface area contributed by atoms with E-state index in [1.807, 2.05) is 26.0 Å². The summed E-state index contributed by atoms with van der Waals surface area (Å²) in [5, 5.41) is 3.13. The maximum absolute atomic E-state index is 5.42. The molecule has 1 rings (SSSR count). The average Bonchev–Trinajstić information content (AvgIpc) is 2.26. The van der Waals surface area contributed by atoms with Gasteiger partial charge in [-0.15, -0.1) is 0 Å². The van der Waals surface area contributed by atoms with Crippen molar-refractivity contribution in [3.8, 4) is 0 Å². The third-order valence-electron chi connectivity index (χ3n) is 2.23. The number of guanidine groups is 1. The van der Waals surface area contributed by atoms with E-state index in [9.17, 15) is 0 Å². The van der Waals surface area contributed by atoms with Gasteiger partial charge in [0.25, 0.3) is 0 Å². The predicted molar refractivity (Wildman–Crippen MR) is 71.8 cm³/mol. The van der Waals surface area contributed by atoms with Crippen molar-refractivity contribution in [3.05, 3.63) is 23.5 Å². The number of nitrogens with two attached hydrogens (primary N) is 1. The van der Waals surface area contributed by atoms with Crippen molar-refractivity contribution in [3.63, 3.8) is 0 Å². The Bertz CT molecular complexity index is 398. The van der Waals surface area contributed by atoms with Gasteiger partial charge in [-0.1, -0.05) is 13.8 Å². The van der Waals surface area contributed by atoms with Crippen LogP contribution in [0.2, 0.25) is 0 Å². The molecule has 5 nitrogen and oxygen atoms in total. The Balaban J connectivity index is 2.77. The lowest BCUT2D eigenvalue weighted by atomic mass is 10.2. The minimum absolute atomic E-state index is 0.498. The molecular formula is C12H21N5. The van der Waals surface area contributed by atoms with Crippen molar-refractivity contribution in [1.82, 2.24) is 10.4 Å². The smallest absolute Gasteiger partial charge is 0.210 e. The first-order valence-electron chi connectivity index (χ1n) is 5.75. The van der Waals surface area contributed by atoms with Gasteiger partial charge in [-0.05, 0) is 31.9 Å². The minimum Gasteiger partial charge on any atom is -0.324 e. The predicted octanol–water partition coefficient (Wildman–Crippen LogP) is 1.59. The zero-order valence-electron chi connectivity index (χ0n) is 10.9. The van der Waals surface area contributed by atoms with Gasteiger partial charge in [-0.25, -0.2) is 5.84 Å². The monoisotopic (exact) mass is 235 g/mol. The second-order valence-electron chi connectivity index (χ2n) is 4.44. The fraction of sp³-hybridized carbons (Fsp3) is 0.500. The number of pyridine rings is 1. The molecule has 0 saturated heterocycles. The average molecular weight is 235 g/mol. The van der Waals surface area contributed by atoms with Crippen LogP contribution in [-0.2, 0) is 0 Å². The summed E-state index contributed by atoms with van der Waals surface area (Å²) in [6.07, 6.45) is 0. The summed E-state index contributed by atoms with van der Waals surface area (Å²) in [7, 11) is 0. The number of nitrogens with one attached hydrogen (secondary N) is 2. The number of hydrogen-bond donors (Lipinski definition) is 3. The van der Waals surface area contributed by atoms with Crippen LogP contribution < -0.4 is 16.6 Å². The number of rotatable bonds is 3. The fourth-order valence-electron chi connectivity index (χ4n) is 1.34. The Labute approximate surface area is 103 Å². The van der Waals surface area contributed by atoms with Crippen LogP contribution in [0, 0.1) is 19.8 Å². The molecule has 0 aliphatic heterocycles. The van der Waals surface area contributed by atoms with E-state index < -0.39 is 0 Å². The Morgan fingerprint density at radius 2 is 2.12 bits per heavy atom. The zero-order valence-corrected chi connectivity index (χ0v) is 10.9. The van der Waals surface area contributed by atoms with Gasteiger partial charge < -0.3 is 5.32 Å². The number of nitrogens with zero attached hydrogens (tertiary/aromatic N) is 2. The Kier molecular flexibility index (Phi) is 4.90. The van der Waals surface area contributed by atoms with Gasteiger partial charge in [-0.3, -0.25) is 15.4 Å². The van der Waals surface area contributed by atoms with Crippen molar-refractivity contribution in [2.45, 2.75) is 27.7 Å². The van der Waals surface area contributed by atoms with E-state index in [0.29, 0.717) is 11.9 Å². The number of hydrazine groups is 1. The van der Waals surface area contributed by atoms with Gasteiger partial charge >= 0.3 is 0 Å². The second kappa shape index (κ2) is 6.20. The standard InChI is InChI=1S/C12H21N5/c1-8(2)7-14-12(17-13)16-11-6-5-9(3)15-10(11)4/h5-6,8H,7,13H2,1-4H3,(H2,14,16,17). The molecule has 0 fully saturated rings. The Hall–Kier alpha value is -1.62. The lowest BCUT2D eigenvalue weighted by Gasteiger charge is -2.12. The van der Waals surface area contributed by atoms with Gasteiger partial charge in [0, 0.05) is 12.2 Å². The molecule has 5 heteroatoms. The summed E-state index contributed by atoms with van der Waals surface area (Å²) in [5.74, 6) is 6.48. The normalized spacial score (nSPS) is 11.8. The third-order valence-corrected chi connectivity index (χ3v) is 2.23. The first-order valence-corrected chi connectivity index (χ1v) is 5.75. The van der Waals surface area contributed by atoms with E-state index in [-0.39, 0.29) is 0 Å². The number of aliphatic imine (C=N–C) groups is 1. The molecule has 0 bridgehead atoms. The molecule has 94 valence electrons. The number of hydrogen-bond acceptors (Lipinski definition) is 3. The lowest BCUT2D eigenvalue weighted by molar-refractivity contribution is 0.663. The quantitative estimate of drug-likeness (QED) is 0.322. The summed E-state index contributed by atoms with van der Waals surface area (Å²) >= 11 is 0. The number of aromatic nitrogens is 1. The van der Waals surface area contributed by atoms with Crippen LogP contribution in [0.5, 0.6) is 0 Å². The third kappa shape index (κ3) is 4.40. The summed E-state index contributed by atoms with van der Waals surface area (Å²) < 4.78 is 0. The van der Waals surface area contributed by atoms with Crippen LogP contribution >= 0.6 is 0 Å². The van der Waals surface area contributed by atoms with Crippen molar-refractivity contribution in [2.75, 3.05) is 11.9 Å². The van der Waals surface area contributed by atoms with Crippen LogP contribution in [0.25, 0.3) is 0 Å². The molecule has 1 aromatic heterocycles. The Morgan fingerprint density at radius 1 is 1.41 bits per heavy atom. The zero-order chi connectivity index (χ0) is 12.8. The summed E-state index contributed by atoms with van der Waals surface area (Å²) in [5.41, 5.74) is 5.39. The topological polar surface area (TPSA) is 75.3 Å². The lowest BCUT2D eigenvalue weighted by Crippen LogP contribution is -2.36. The summed E-state index contributed by atoms with van der Waals surface area (Å²) in [6.45, 7) is 8.86. The van der Waals surface area contributed by atoms with Crippen LogP contribution in [-0.4, -0.2) is 17.5 Å². The molecule has 1 aromatic rings. The summed E-state index contributed by atoms with van der Waals surface area (Å²) in [4.78, 5) is 8.71. The summed E-state index contributed by atoms with van der Waals surface area (Å²) in [6, 6.07) is 3.92. The molecule has 17 heavy (non-hydrogen) atoms.